The predicted molar refractivity (Wildman–Crippen MR) is 92.9 cm³/mol. The van der Waals surface area contributed by atoms with Gasteiger partial charge >= 0.3 is 5.97 Å². The van der Waals surface area contributed by atoms with Gasteiger partial charge in [0.1, 0.15) is 0 Å². The standard InChI is InChI=1S/C17H18N2O5S/c1-23-16(21)13-4-2-12(3-5-13)10-14-15(20)19(17(22)25-14)11-18-6-8-24-9-7-18/h2-5,10H,6-9,11H2,1H3/b14-10-. The van der Waals surface area contributed by atoms with E-state index in [0.29, 0.717) is 36.8 Å². The molecule has 1 aromatic rings. The molecule has 7 nitrogen and oxygen atoms in total. The average molecular weight is 362 g/mol. The Balaban J connectivity index is 1.70. The third-order valence-corrected chi connectivity index (χ3v) is 4.86. The number of hydrogen-bond acceptors (Lipinski definition) is 7. The van der Waals surface area contributed by atoms with Crippen LogP contribution in [-0.2, 0) is 14.3 Å². The lowest BCUT2D eigenvalue weighted by Crippen LogP contribution is -2.45. The van der Waals surface area contributed by atoms with Crippen LogP contribution in [0.2, 0.25) is 0 Å². The second-order valence-electron chi connectivity index (χ2n) is 5.60. The number of amides is 2. The highest BCUT2D eigenvalue weighted by atomic mass is 32.2. The summed E-state index contributed by atoms with van der Waals surface area (Å²) in [5.41, 5.74) is 1.17. The molecular formula is C17H18N2O5S. The van der Waals surface area contributed by atoms with E-state index < -0.39 is 5.97 Å². The maximum atomic E-state index is 12.5. The maximum absolute atomic E-state index is 12.5. The van der Waals surface area contributed by atoms with Crippen molar-refractivity contribution in [3.8, 4) is 0 Å². The van der Waals surface area contributed by atoms with Gasteiger partial charge in [0, 0.05) is 13.1 Å². The fourth-order valence-electron chi connectivity index (χ4n) is 2.55. The van der Waals surface area contributed by atoms with E-state index in [2.05, 4.69) is 4.74 Å². The molecule has 2 aliphatic heterocycles. The molecule has 0 atom stereocenters. The van der Waals surface area contributed by atoms with Crippen LogP contribution >= 0.6 is 11.8 Å². The number of thioether (sulfide) groups is 1. The van der Waals surface area contributed by atoms with E-state index in [0.717, 1.165) is 17.3 Å². The summed E-state index contributed by atoms with van der Waals surface area (Å²) < 4.78 is 9.92. The van der Waals surface area contributed by atoms with Crippen molar-refractivity contribution in [3.63, 3.8) is 0 Å². The molecule has 3 rings (SSSR count). The third kappa shape index (κ3) is 4.09. The van der Waals surface area contributed by atoms with Crippen molar-refractivity contribution in [2.75, 3.05) is 40.1 Å². The largest absolute Gasteiger partial charge is 0.465 e. The van der Waals surface area contributed by atoms with Crippen LogP contribution in [0.4, 0.5) is 4.79 Å². The number of carbonyl (C=O) groups is 3. The third-order valence-electron chi connectivity index (χ3n) is 3.95. The van der Waals surface area contributed by atoms with E-state index in [9.17, 15) is 14.4 Å². The maximum Gasteiger partial charge on any atom is 0.337 e. The number of esters is 1. The molecule has 0 aromatic heterocycles. The molecule has 2 heterocycles. The first kappa shape index (κ1) is 17.7. The zero-order chi connectivity index (χ0) is 17.8. The van der Waals surface area contributed by atoms with E-state index in [1.165, 1.54) is 12.0 Å². The monoisotopic (exact) mass is 362 g/mol. The van der Waals surface area contributed by atoms with E-state index in [-0.39, 0.29) is 17.8 Å². The number of benzene rings is 1. The summed E-state index contributed by atoms with van der Waals surface area (Å²) in [5, 5.41) is -0.270. The fraction of sp³-hybridized carbons (Fsp3) is 0.353. The first-order chi connectivity index (χ1) is 12.1. The Morgan fingerprint density at radius 1 is 1.24 bits per heavy atom. The molecule has 2 amide bonds. The van der Waals surface area contributed by atoms with Crippen LogP contribution in [0.5, 0.6) is 0 Å². The Labute approximate surface area is 149 Å². The summed E-state index contributed by atoms with van der Waals surface area (Å²) >= 11 is 0.929. The van der Waals surface area contributed by atoms with E-state index in [1.54, 1.807) is 30.3 Å². The zero-order valence-corrected chi connectivity index (χ0v) is 14.6. The van der Waals surface area contributed by atoms with Gasteiger partial charge in [-0.05, 0) is 35.5 Å². The van der Waals surface area contributed by atoms with Gasteiger partial charge < -0.3 is 9.47 Å². The first-order valence-electron chi connectivity index (χ1n) is 7.82. The summed E-state index contributed by atoms with van der Waals surface area (Å²) in [4.78, 5) is 39.7. The molecule has 2 aliphatic rings. The van der Waals surface area contributed by atoms with Gasteiger partial charge in [0.25, 0.3) is 11.1 Å². The molecule has 1 aromatic carbocycles. The number of hydrogen-bond donors (Lipinski definition) is 0. The van der Waals surface area contributed by atoms with Crippen molar-refractivity contribution in [2.24, 2.45) is 0 Å². The Bertz CT molecular complexity index is 710. The van der Waals surface area contributed by atoms with Gasteiger partial charge in [-0.3, -0.25) is 19.4 Å². The number of carbonyl (C=O) groups excluding carboxylic acids is 3. The van der Waals surface area contributed by atoms with Crippen molar-refractivity contribution in [3.05, 3.63) is 40.3 Å². The Morgan fingerprint density at radius 3 is 2.56 bits per heavy atom. The summed E-state index contributed by atoms with van der Waals surface area (Å²) in [7, 11) is 1.32. The van der Waals surface area contributed by atoms with Gasteiger partial charge in [0.05, 0.1) is 37.5 Å². The first-order valence-corrected chi connectivity index (χ1v) is 8.64. The molecule has 25 heavy (non-hydrogen) atoms. The summed E-state index contributed by atoms with van der Waals surface area (Å²) in [6.45, 7) is 2.91. The highest BCUT2D eigenvalue weighted by Crippen LogP contribution is 2.32. The number of rotatable bonds is 4. The minimum absolute atomic E-state index is 0.270. The molecule has 0 bridgehead atoms. The van der Waals surface area contributed by atoms with Crippen molar-refractivity contribution in [2.45, 2.75) is 0 Å². The average Bonchev–Trinajstić information content (AvgIpc) is 2.90. The smallest absolute Gasteiger partial charge is 0.337 e. The van der Waals surface area contributed by atoms with Gasteiger partial charge in [-0.25, -0.2) is 4.79 Å². The molecule has 0 radical (unpaired) electrons. The Morgan fingerprint density at radius 2 is 1.92 bits per heavy atom. The quantitative estimate of drug-likeness (QED) is 0.597. The van der Waals surface area contributed by atoms with Gasteiger partial charge in [-0.2, -0.15) is 0 Å². The highest BCUT2D eigenvalue weighted by molar-refractivity contribution is 8.18. The lowest BCUT2D eigenvalue weighted by Gasteiger charge is -2.29. The van der Waals surface area contributed by atoms with Crippen molar-refractivity contribution >= 4 is 35.0 Å². The van der Waals surface area contributed by atoms with Gasteiger partial charge in [-0.15, -0.1) is 0 Å². The number of imide groups is 1. The second-order valence-corrected chi connectivity index (χ2v) is 6.59. The van der Waals surface area contributed by atoms with Crippen LogP contribution in [0.15, 0.2) is 29.2 Å². The number of morpholine rings is 1. The molecule has 2 saturated heterocycles. The molecule has 0 spiro atoms. The molecule has 0 N–H and O–H groups in total. The highest BCUT2D eigenvalue weighted by Gasteiger charge is 2.36. The number of methoxy groups -OCH3 is 1. The summed E-state index contributed by atoms with van der Waals surface area (Å²) in [6.07, 6.45) is 1.66. The van der Waals surface area contributed by atoms with Crippen molar-refractivity contribution in [1.29, 1.82) is 0 Å². The van der Waals surface area contributed by atoms with Crippen LogP contribution in [0.1, 0.15) is 15.9 Å². The van der Waals surface area contributed by atoms with Crippen LogP contribution in [0, 0.1) is 0 Å². The normalized spacial score (nSPS) is 20.4. The van der Waals surface area contributed by atoms with Gasteiger partial charge in [-0.1, -0.05) is 12.1 Å². The van der Waals surface area contributed by atoms with E-state index in [1.807, 2.05) is 4.90 Å². The SMILES string of the molecule is COC(=O)c1ccc(/C=C2\SC(=O)N(CN3CCOCC3)C2=O)cc1. The molecule has 0 saturated carbocycles. The van der Waals surface area contributed by atoms with E-state index in [4.69, 9.17) is 4.74 Å². The molecule has 132 valence electrons. The van der Waals surface area contributed by atoms with E-state index >= 15 is 0 Å². The number of nitrogens with zero attached hydrogens (tertiary/aromatic N) is 2. The van der Waals surface area contributed by atoms with Gasteiger partial charge in [0.2, 0.25) is 0 Å². The number of ether oxygens (including phenoxy) is 2. The van der Waals surface area contributed by atoms with Crippen molar-refractivity contribution in [1.82, 2.24) is 9.80 Å². The molecule has 0 aliphatic carbocycles. The summed E-state index contributed by atoms with van der Waals surface area (Å²) in [6, 6.07) is 6.66. The van der Waals surface area contributed by atoms with Gasteiger partial charge in [0.15, 0.2) is 0 Å². The Kier molecular flexibility index (Phi) is 5.52. The Hall–Kier alpha value is -2.16. The minimum Gasteiger partial charge on any atom is -0.465 e. The fourth-order valence-corrected chi connectivity index (χ4v) is 3.38. The molecule has 2 fully saturated rings. The van der Waals surface area contributed by atoms with Crippen LogP contribution < -0.4 is 0 Å². The topological polar surface area (TPSA) is 76.2 Å². The predicted octanol–water partition coefficient (Wildman–Crippen LogP) is 1.80. The second kappa shape index (κ2) is 7.81. The molecular weight excluding hydrogens is 344 g/mol. The van der Waals surface area contributed by atoms with Crippen molar-refractivity contribution < 1.29 is 23.9 Å². The zero-order valence-electron chi connectivity index (χ0n) is 13.8. The lowest BCUT2D eigenvalue weighted by atomic mass is 10.1. The minimum atomic E-state index is -0.419. The van der Waals surface area contributed by atoms with Crippen LogP contribution in [0.25, 0.3) is 6.08 Å². The molecule has 0 unspecified atom stereocenters. The molecule has 8 heteroatoms. The van der Waals surface area contributed by atoms with Crippen LogP contribution in [0.3, 0.4) is 0 Å². The van der Waals surface area contributed by atoms with Crippen LogP contribution in [-0.4, -0.2) is 67.0 Å². The summed E-state index contributed by atoms with van der Waals surface area (Å²) in [5.74, 6) is -0.712. The lowest BCUT2D eigenvalue weighted by molar-refractivity contribution is -0.125.